The van der Waals surface area contributed by atoms with Gasteiger partial charge in [0.15, 0.2) is 6.61 Å². The molecule has 110 valence electrons. The molecule has 1 amide bonds. The summed E-state index contributed by atoms with van der Waals surface area (Å²) in [6, 6.07) is 5.82. The summed E-state index contributed by atoms with van der Waals surface area (Å²) >= 11 is 3.52. The lowest BCUT2D eigenvalue weighted by atomic mass is 10.2. The molecule has 0 unspecified atom stereocenters. The molecule has 1 saturated heterocycles. The quantitative estimate of drug-likeness (QED) is 0.865. The van der Waals surface area contributed by atoms with Crippen LogP contribution in [0.15, 0.2) is 22.7 Å². The van der Waals surface area contributed by atoms with Crippen molar-refractivity contribution in [3.8, 4) is 5.75 Å². The Hall–Kier alpha value is -1.07. The molecule has 1 aliphatic rings. The number of carbonyl (C=O) groups is 1. The molecule has 1 aromatic carbocycles. The van der Waals surface area contributed by atoms with Gasteiger partial charge < -0.3 is 15.0 Å². The van der Waals surface area contributed by atoms with E-state index in [2.05, 4.69) is 28.2 Å². The van der Waals surface area contributed by atoms with Gasteiger partial charge in [-0.2, -0.15) is 0 Å². The Kier molecular flexibility index (Phi) is 5.86. The fourth-order valence-corrected chi connectivity index (χ4v) is 2.63. The van der Waals surface area contributed by atoms with Crippen LogP contribution in [0.4, 0.5) is 0 Å². The lowest BCUT2D eigenvalue weighted by Crippen LogP contribution is -2.32. The van der Waals surface area contributed by atoms with Gasteiger partial charge in [0.2, 0.25) is 0 Å². The molecule has 0 aliphatic carbocycles. The van der Waals surface area contributed by atoms with Crippen LogP contribution in [0.1, 0.15) is 25.3 Å². The minimum absolute atomic E-state index is 0.0821. The molecule has 1 fully saturated rings. The second-order valence-corrected chi connectivity index (χ2v) is 5.76. The molecule has 2 rings (SSSR count). The van der Waals surface area contributed by atoms with E-state index in [0.29, 0.717) is 0 Å². The van der Waals surface area contributed by atoms with Crippen LogP contribution in [-0.4, -0.2) is 37.0 Å². The van der Waals surface area contributed by atoms with Crippen molar-refractivity contribution in [2.24, 2.45) is 0 Å². The number of ether oxygens (including phenoxy) is 1. The number of carbonyl (C=O) groups excluding carboxylic acids is 1. The van der Waals surface area contributed by atoms with E-state index in [0.717, 1.165) is 54.8 Å². The molecule has 5 heteroatoms. The molecule has 1 aliphatic heterocycles. The summed E-state index contributed by atoms with van der Waals surface area (Å²) in [7, 11) is 0. The summed E-state index contributed by atoms with van der Waals surface area (Å²) in [5.41, 5.74) is 1.14. The van der Waals surface area contributed by atoms with Crippen LogP contribution in [0.3, 0.4) is 0 Å². The summed E-state index contributed by atoms with van der Waals surface area (Å²) < 4.78 is 6.67. The Morgan fingerprint density at radius 2 is 2.15 bits per heavy atom. The largest absolute Gasteiger partial charge is 0.484 e. The van der Waals surface area contributed by atoms with Gasteiger partial charge in [-0.3, -0.25) is 4.79 Å². The maximum absolute atomic E-state index is 11.9. The van der Waals surface area contributed by atoms with Gasteiger partial charge in [0.05, 0.1) is 0 Å². The van der Waals surface area contributed by atoms with Crippen molar-refractivity contribution in [2.75, 3.05) is 26.2 Å². The number of rotatable bonds is 6. The number of hydrogen-bond acceptors (Lipinski definition) is 3. The molecular formula is C15H21BrN2O2. The van der Waals surface area contributed by atoms with Crippen LogP contribution in [0, 0.1) is 0 Å². The Morgan fingerprint density at radius 3 is 2.85 bits per heavy atom. The van der Waals surface area contributed by atoms with E-state index in [1.54, 1.807) is 0 Å². The first-order chi connectivity index (χ1) is 9.70. The third-order valence-electron chi connectivity index (χ3n) is 3.40. The van der Waals surface area contributed by atoms with Crippen LogP contribution in [0.2, 0.25) is 0 Å². The number of halogens is 1. The summed E-state index contributed by atoms with van der Waals surface area (Å²) in [5, 5.41) is 3.28. The van der Waals surface area contributed by atoms with Gasteiger partial charge in [0.1, 0.15) is 5.75 Å². The van der Waals surface area contributed by atoms with E-state index in [1.165, 1.54) is 0 Å². The minimum atomic E-state index is 0.0821. The zero-order valence-electron chi connectivity index (χ0n) is 11.8. The van der Waals surface area contributed by atoms with E-state index in [9.17, 15) is 4.79 Å². The predicted octanol–water partition coefficient (Wildman–Crippen LogP) is 2.56. The van der Waals surface area contributed by atoms with Crippen LogP contribution >= 0.6 is 15.9 Å². The molecule has 0 radical (unpaired) electrons. The standard InChI is InChI=1S/C15H21BrN2O2/c1-2-17-10-12-9-13(5-6-14(12)16)20-11-15(19)18-7-3-4-8-18/h5-6,9,17H,2-4,7-8,10-11H2,1H3. The Labute approximate surface area is 128 Å². The van der Waals surface area contributed by atoms with Gasteiger partial charge in [-0.25, -0.2) is 0 Å². The molecule has 0 aromatic heterocycles. The van der Waals surface area contributed by atoms with Crippen molar-refractivity contribution in [3.63, 3.8) is 0 Å². The highest BCUT2D eigenvalue weighted by molar-refractivity contribution is 9.10. The Bertz CT molecular complexity index is 459. The van der Waals surface area contributed by atoms with Gasteiger partial charge in [-0.1, -0.05) is 22.9 Å². The third kappa shape index (κ3) is 4.21. The maximum Gasteiger partial charge on any atom is 0.260 e. The first-order valence-corrected chi connectivity index (χ1v) is 7.89. The number of benzene rings is 1. The van der Waals surface area contributed by atoms with E-state index < -0.39 is 0 Å². The van der Waals surface area contributed by atoms with Crippen molar-refractivity contribution in [1.82, 2.24) is 10.2 Å². The van der Waals surface area contributed by atoms with Crippen molar-refractivity contribution < 1.29 is 9.53 Å². The number of hydrogen-bond donors (Lipinski definition) is 1. The molecule has 20 heavy (non-hydrogen) atoms. The maximum atomic E-state index is 11.9. The normalized spacial score (nSPS) is 14.6. The topological polar surface area (TPSA) is 41.6 Å². The fourth-order valence-electron chi connectivity index (χ4n) is 2.24. The van der Waals surface area contributed by atoms with E-state index in [-0.39, 0.29) is 12.5 Å². The highest BCUT2D eigenvalue weighted by atomic mass is 79.9. The van der Waals surface area contributed by atoms with E-state index in [1.807, 2.05) is 23.1 Å². The lowest BCUT2D eigenvalue weighted by Gasteiger charge is -2.16. The molecule has 0 atom stereocenters. The van der Waals surface area contributed by atoms with Crippen LogP contribution in [0.5, 0.6) is 5.75 Å². The third-order valence-corrected chi connectivity index (χ3v) is 4.18. The molecular weight excluding hydrogens is 320 g/mol. The average molecular weight is 341 g/mol. The highest BCUT2D eigenvalue weighted by Crippen LogP contribution is 2.22. The molecule has 1 aromatic rings. The Morgan fingerprint density at radius 1 is 1.40 bits per heavy atom. The molecule has 1 heterocycles. The van der Waals surface area contributed by atoms with Gasteiger partial charge in [0.25, 0.3) is 5.91 Å². The summed E-state index contributed by atoms with van der Waals surface area (Å²) in [5.74, 6) is 0.826. The zero-order valence-corrected chi connectivity index (χ0v) is 13.4. The highest BCUT2D eigenvalue weighted by Gasteiger charge is 2.18. The molecule has 1 N–H and O–H groups in total. The van der Waals surface area contributed by atoms with Crippen molar-refractivity contribution in [2.45, 2.75) is 26.3 Å². The second-order valence-electron chi connectivity index (χ2n) is 4.91. The molecule has 0 saturated carbocycles. The van der Waals surface area contributed by atoms with Crippen molar-refractivity contribution in [1.29, 1.82) is 0 Å². The second kappa shape index (κ2) is 7.64. The smallest absolute Gasteiger partial charge is 0.260 e. The van der Waals surface area contributed by atoms with Gasteiger partial charge in [0, 0.05) is 24.1 Å². The molecule has 4 nitrogen and oxygen atoms in total. The van der Waals surface area contributed by atoms with Gasteiger partial charge in [-0.05, 0) is 43.1 Å². The molecule has 0 spiro atoms. The van der Waals surface area contributed by atoms with E-state index >= 15 is 0 Å². The lowest BCUT2D eigenvalue weighted by molar-refractivity contribution is -0.132. The van der Waals surface area contributed by atoms with Crippen LogP contribution < -0.4 is 10.1 Å². The number of likely N-dealkylation sites (tertiary alicyclic amines) is 1. The monoisotopic (exact) mass is 340 g/mol. The van der Waals surface area contributed by atoms with E-state index in [4.69, 9.17) is 4.74 Å². The van der Waals surface area contributed by atoms with Crippen LogP contribution in [-0.2, 0) is 11.3 Å². The van der Waals surface area contributed by atoms with Gasteiger partial charge >= 0.3 is 0 Å². The van der Waals surface area contributed by atoms with Gasteiger partial charge in [-0.15, -0.1) is 0 Å². The minimum Gasteiger partial charge on any atom is -0.484 e. The number of nitrogens with one attached hydrogen (secondary N) is 1. The zero-order chi connectivity index (χ0) is 14.4. The van der Waals surface area contributed by atoms with Crippen molar-refractivity contribution >= 4 is 21.8 Å². The SMILES string of the molecule is CCNCc1cc(OCC(=O)N2CCCC2)ccc1Br. The summed E-state index contributed by atoms with van der Waals surface area (Å²) in [6.45, 7) is 5.65. The van der Waals surface area contributed by atoms with Crippen LogP contribution in [0.25, 0.3) is 0 Å². The first kappa shape index (κ1) is 15.3. The Balaban J connectivity index is 1.90. The average Bonchev–Trinajstić information content (AvgIpc) is 2.99. The summed E-state index contributed by atoms with van der Waals surface area (Å²) in [4.78, 5) is 13.8. The number of nitrogens with zero attached hydrogens (tertiary/aromatic N) is 1. The number of amides is 1. The first-order valence-electron chi connectivity index (χ1n) is 7.10. The molecule has 0 bridgehead atoms. The van der Waals surface area contributed by atoms with Crippen molar-refractivity contribution in [3.05, 3.63) is 28.2 Å². The fraction of sp³-hybridized carbons (Fsp3) is 0.533. The summed E-state index contributed by atoms with van der Waals surface area (Å²) in [6.07, 6.45) is 2.22. The predicted molar refractivity (Wildman–Crippen MR) is 82.8 cm³/mol.